The first-order valence-electron chi connectivity index (χ1n) is 8.67. The van der Waals surface area contributed by atoms with Crippen LogP contribution >= 0.6 is 0 Å². The number of nitrogens with zero attached hydrogens (tertiary/aromatic N) is 2. The first-order chi connectivity index (χ1) is 13.6. The smallest absolute Gasteiger partial charge is 0.244 e. The summed E-state index contributed by atoms with van der Waals surface area (Å²) in [7, 11) is 0. The van der Waals surface area contributed by atoms with Crippen LogP contribution in [0.15, 0.2) is 60.0 Å². The molecular formula is C21H17FN4O2. The highest BCUT2D eigenvalue weighted by atomic mass is 19.1. The number of hydrogen-bond acceptors (Lipinski definition) is 5. The molecule has 0 amide bonds. The normalized spacial score (nSPS) is 15.5. The molecule has 1 aliphatic rings. The Morgan fingerprint density at radius 2 is 2.11 bits per heavy atom. The van der Waals surface area contributed by atoms with Gasteiger partial charge in [0.1, 0.15) is 29.8 Å². The number of allylic oxidation sites excluding steroid dienone is 1. The van der Waals surface area contributed by atoms with Gasteiger partial charge in [0.05, 0.1) is 5.92 Å². The molecule has 1 aliphatic heterocycles. The summed E-state index contributed by atoms with van der Waals surface area (Å²) in [5.41, 5.74) is 9.07. The molecule has 0 aliphatic carbocycles. The average Bonchev–Trinajstić information content (AvgIpc) is 3.06. The number of aromatic amines is 1. The summed E-state index contributed by atoms with van der Waals surface area (Å²) in [4.78, 5) is 0. The van der Waals surface area contributed by atoms with Crippen molar-refractivity contribution in [3.8, 4) is 17.7 Å². The minimum Gasteiger partial charge on any atom is -0.489 e. The number of aromatic nitrogens is 2. The first kappa shape index (κ1) is 17.6. The Balaban J connectivity index is 1.68. The fourth-order valence-corrected chi connectivity index (χ4v) is 3.29. The lowest BCUT2D eigenvalue weighted by atomic mass is 9.84. The first-order valence-corrected chi connectivity index (χ1v) is 8.67. The van der Waals surface area contributed by atoms with Crippen LogP contribution in [0.3, 0.4) is 0 Å². The van der Waals surface area contributed by atoms with Crippen LogP contribution in [-0.4, -0.2) is 10.2 Å². The molecule has 28 heavy (non-hydrogen) atoms. The van der Waals surface area contributed by atoms with Crippen LogP contribution in [0.1, 0.15) is 28.3 Å². The van der Waals surface area contributed by atoms with Crippen molar-refractivity contribution < 1.29 is 13.9 Å². The number of aryl methyl sites for hydroxylation is 1. The minimum atomic E-state index is -0.426. The van der Waals surface area contributed by atoms with Crippen LogP contribution in [0.4, 0.5) is 4.39 Å². The maximum atomic E-state index is 13.8. The van der Waals surface area contributed by atoms with Gasteiger partial charge < -0.3 is 15.2 Å². The summed E-state index contributed by atoms with van der Waals surface area (Å²) < 4.78 is 25.1. The number of benzene rings is 2. The molecule has 0 saturated heterocycles. The second-order valence-electron chi connectivity index (χ2n) is 6.44. The molecule has 0 bridgehead atoms. The number of nitriles is 1. The number of rotatable bonds is 4. The minimum absolute atomic E-state index is 0.0316. The van der Waals surface area contributed by atoms with E-state index in [1.807, 2.05) is 25.1 Å². The Morgan fingerprint density at radius 1 is 1.29 bits per heavy atom. The number of halogens is 1. The zero-order chi connectivity index (χ0) is 19.7. The van der Waals surface area contributed by atoms with Gasteiger partial charge in [-0.15, -0.1) is 5.10 Å². The Morgan fingerprint density at radius 3 is 2.89 bits per heavy atom. The van der Waals surface area contributed by atoms with E-state index in [0.29, 0.717) is 22.8 Å². The second-order valence-corrected chi connectivity index (χ2v) is 6.44. The van der Waals surface area contributed by atoms with Crippen LogP contribution in [0.2, 0.25) is 0 Å². The largest absolute Gasteiger partial charge is 0.489 e. The topological polar surface area (TPSA) is 97.0 Å². The summed E-state index contributed by atoms with van der Waals surface area (Å²) in [6, 6.07) is 15.9. The monoisotopic (exact) mass is 376 g/mol. The van der Waals surface area contributed by atoms with Gasteiger partial charge in [0.15, 0.2) is 0 Å². The fourth-order valence-electron chi connectivity index (χ4n) is 3.29. The molecule has 7 heteroatoms. The molecular weight excluding hydrogens is 359 g/mol. The number of hydrogen-bond donors (Lipinski definition) is 2. The highest BCUT2D eigenvalue weighted by Crippen LogP contribution is 2.43. The number of nitrogens with one attached hydrogen (secondary N) is 1. The molecule has 1 aromatic heterocycles. The standard InChI is InChI=1S/C21H17FN4O2/c1-12-18-19(16(10-23)20(24)28-21(18)26-25-12)13-6-4-7-15(9-13)27-11-14-5-2-3-8-17(14)22/h2-9,19H,11,24H2,1H3,(H,25,26)/t19-/m1/s1. The van der Waals surface area contributed by atoms with E-state index in [1.165, 1.54) is 6.07 Å². The Hall–Kier alpha value is -3.79. The van der Waals surface area contributed by atoms with E-state index >= 15 is 0 Å². The van der Waals surface area contributed by atoms with E-state index in [2.05, 4.69) is 16.3 Å². The fraction of sp³-hybridized carbons (Fsp3) is 0.143. The molecule has 0 radical (unpaired) electrons. The van der Waals surface area contributed by atoms with E-state index in [4.69, 9.17) is 15.2 Å². The molecule has 0 fully saturated rings. The van der Waals surface area contributed by atoms with Crippen LogP contribution in [0.25, 0.3) is 0 Å². The summed E-state index contributed by atoms with van der Waals surface area (Å²) in [5.74, 6) is 0.209. The lowest BCUT2D eigenvalue weighted by Crippen LogP contribution is -2.21. The highest BCUT2D eigenvalue weighted by molar-refractivity contribution is 5.55. The zero-order valence-electron chi connectivity index (χ0n) is 15.1. The molecule has 0 spiro atoms. The molecule has 3 N–H and O–H groups in total. The lowest BCUT2D eigenvalue weighted by Gasteiger charge is -2.24. The summed E-state index contributed by atoms with van der Waals surface area (Å²) in [6.07, 6.45) is 0. The SMILES string of the molecule is Cc1[nH]nc2c1[C@H](c1cccc(OCc3ccccc3F)c1)C(C#N)=C(N)O2. The van der Waals surface area contributed by atoms with E-state index in [0.717, 1.165) is 16.8 Å². The van der Waals surface area contributed by atoms with Crippen molar-refractivity contribution in [1.29, 1.82) is 5.26 Å². The number of nitrogens with two attached hydrogens (primary N) is 1. The molecule has 4 rings (SSSR count). The average molecular weight is 376 g/mol. The van der Waals surface area contributed by atoms with Gasteiger partial charge in [-0.25, -0.2) is 4.39 Å². The molecule has 6 nitrogen and oxygen atoms in total. The van der Waals surface area contributed by atoms with Gasteiger partial charge in [-0.05, 0) is 30.7 Å². The van der Waals surface area contributed by atoms with Gasteiger partial charge >= 0.3 is 0 Å². The van der Waals surface area contributed by atoms with Gasteiger partial charge in [0, 0.05) is 16.8 Å². The third-order valence-corrected chi connectivity index (χ3v) is 4.67. The maximum absolute atomic E-state index is 13.8. The lowest BCUT2D eigenvalue weighted by molar-refractivity contribution is 0.299. The Labute approximate surface area is 161 Å². The van der Waals surface area contributed by atoms with Gasteiger partial charge in [0.2, 0.25) is 11.8 Å². The predicted molar refractivity (Wildman–Crippen MR) is 99.8 cm³/mol. The van der Waals surface area contributed by atoms with Crippen LogP contribution in [-0.2, 0) is 6.61 Å². The molecule has 0 unspecified atom stereocenters. The molecule has 2 aromatic carbocycles. The van der Waals surface area contributed by atoms with Crippen molar-refractivity contribution in [2.45, 2.75) is 19.4 Å². The van der Waals surface area contributed by atoms with Gasteiger partial charge in [-0.3, -0.25) is 5.10 Å². The zero-order valence-corrected chi connectivity index (χ0v) is 15.1. The number of H-pyrrole nitrogens is 1. The van der Waals surface area contributed by atoms with Crippen LogP contribution < -0.4 is 15.2 Å². The maximum Gasteiger partial charge on any atom is 0.244 e. The molecule has 3 aromatic rings. The van der Waals surface area contributed by atoms with Crippen molar-refractivity contribution in [2.24, 2.45) is 5.73 Å². The molecule has 1 atom stereocenters. The second kappa shape index (κ2) is 7.08. The molecule has 140 valence electrons. The quantitative estimate of drug-likeness (QED) is 0.724. The predicted octanol–water partition coefficient (Wildman–Crippen LogP) is 3.65. The van der Waals surface area contributed by atoms with Crippen molar-refractivity contribution >= 4 is 0 Å². The van der Waals surface area contributed by atoms with Crippen LogP contribution in [0, 0.1) is 24.1 Å². The van der Waals surface area contributed by atoms with Crippen molar-refractivity contribution in [1.82, 2.24) is 10.2 Å². The van der Waals surface area contributed by atoms with E-state index < -0.39 is 5.92 Å². The van der Waals surface area contributed by atoms with Gasteiger partial charge in [0.25, 0.3) is 0 Å². The third-order valence-electron chi connectivity index (χ3n) is 4.67. The van der Waals surface area contributed by atoms with Crippen molar-refractivity contribution in [3.05, 3.63) is 88.2 Å². The Kier molecular flexibility index (Phi) is 4.45. The number of fused-ring (bicyclic) bond motifs is 1. The van der Waals surface area contributed by atoms with E-state index in [-0.39, 0.29) is 18.3 Å². The van der Waals surface area contributed by atoms with Crippen LogP contribution in [0.5, 0.6) is 11.6 Å². The molecule has 2 heterocycles. The van der Waals surface area contributed by atoms with Crippen molar-refractivity contribution in [2.75, 3.05) is 0 Å². The van der Waals surface area contributed by atoms with Gasteiger partial charge in [-0.2, -0.15) is 5.26 Å². The van der Waals surface area contributed by atoms with Crippen molar-refractivity contribution in [3.63, 3.8) is 0 Å². The summed E-state index contributed by atoms with van der Waals surface area (Å²) in [5, 5.41) is 16.6. The Bertz CT molecular complexity index is 1110. The summed E-state index contributed by atoms with van der Waals surface area (Å²) >= 11 is 0. The van der Waals surface area contributed by atoms with E-state index in [9.17, 15) is 9.65 Å². The highest BCUT2D eigenvalue weighted by Gasteiger charge is 2.34. The van der Waals surface area contributed by atoms with E-state index in [1.54, 1.807) is 24.3 Å². The number of ether oxygens (including phenoxy) is 2. The molecule has 0 saturated carbocycles. The third kappa shape index (κ3) is 3.05. The van der Waals surface area contributed by atoms with Gasteiger partial charge in [-0.1, -0.05) is 30.3 Å². The summed E-state index contributed by atoms with van der Waals surface area (Å²) in [6.45, 7) is 1.96.